The summed E-state index contributed by atoms with van der Waals surface area (Å²) >= 11 is 15.9. The van der Waals surface area contributed by atoms with Crippen molar-refractivity contribution in [3.8, 4) is 0 Å². The number of rotatable bonds is 6. The van der Waals surface area contributed by atoms with Gasteiger partial charge in [0.2, 0.25) is 0 Å². The first kappa shape index (κ1) is 21.6. The number of nitrogens with zero attached hydrogens (tertiary/aromatic N) is 6. The predicted molar refractivity (Wildman–Crippen MR) is 123 cm³/mol. The summed E-state index contributed by atoms with van der Waals surface area (Å²) in [5, 5.41) is 17.0. The number of amides is 1. The van der Waals surface area contributed by atoms with E-state index in [1.807, 2.05) is 18.5 Å². The third-order valence-corrected chi connectivity index (χ3v) is 6.57. The Morgan fingerprint density at radius 3 is 2.55 bits per heavy atom. The summed E-state index contributed by atoms with van der Waals surface area (Å²) in [5.41, 5.74) is 3.50. The summed E-state index contributed by atoms with van der Waals surface area (Å²) in [6.45, 7) is 4.69. The van der Waals surface area contributed by atoms with Gasteiger partial charge in [0.25, 0.3) is 5.91 Å². The normalized spacial score (nSPS) is 11.1. The summed E-state index contributed by atoms with van der Waals surface area (Å²) in [7, 11) is 0. The SMILES string of the molecule is Cc1nn(Cn2ccc(C(=O)Nc3cnn(Cc4c(Cl)cccc4Cl)c3)n2)c(C)c1Br. The Bertz CT molecular complexity index is 1240. The molecule has 3 aromatic heterocycles. The van der Waals surface area contributed by atoms with Crippen molar-refractivity contribution in [2.45, 2.75) is 27.1 Å². The Hall–Kier alpha value is -2.62. The molecule has 0 saturated carbocycles. The van der Waals surface area contributed by atoms with E-state index in [4.69, 9.17) is 23.2 Å². The minimum atomic E-state index is -0.330. The first-order valence-electron chi connectivity index (χ1n) is 9.31. The average Bonchev–Trinajstić information content (AvgIpc) is 3.43. The highest BCUT2D eigenvalue weighted by Crippen LogP contribution is 2.25. The fraction of sp³-hybridized carbons (Fsp3) is 0.200. The van der Waals surface area contributed by atoms with Gasteiger partial charge in [0, 0.05) is 28.0 Å². The minimum absolute atomic E-state index is 0.294. The molecule has 1 aromatic carbocycles. The average molecular weight is 523 g/mol. The quantitative estimate of drug-likeness (QED) is 0.395. The van der Waals surface area contributed by atoms with Crippen LogP contribution in [0, 0.1) is 13.8 Å². The number of hydrogen-bond donors (Lipinski definition) is 1. The monoisotopic (exact) mass is 521 g/mol. The van der Waals surface area contributed by atoms with Crippen molar-refractivity contribution in [1.29, 1.82) is 0 Å². The Balaban J connectivity index is 1.42. The van der Waals surface area contributed by atoms with Crippen molar-refractivity contribution < 1.29 is 4.79 Å². The third-order valence-electron chi connectivity index (χ3n) is 4.72. The molecule has 0 aliphatic rings. The van der Waals surface area contributed by atoms with Crippen LogP contribution in [0.1, 0.15) is 27.4 Å². The molecule has 0 spiro atoms. The first-order valence-corrected chi connectivity index (χ1v) is 10.9. The van der Waals surface area contributed by atoms with Gasteiger partial charge in [-0.1, -0.05) is 29.3 Å². The van der Waals surface area contributed by atoms with Crippen LogP contribution in [0.25, 0.3) is 0 Å². The third kappa shape index (κ3) is 4.68. The standard InChI is InChI=1S/C20H18BrCl2N7O/c1-12-19(21)13(2)30(26-12)11-28-7-6-18(27-28)20(31)25-14-8-24-29(9-14)10-15-16(22)4-3-5-17(15)23/h3-9H,10-11H2,1-2H3,(H,25,31). The predicted octanol–water partition coefficient (Wildman–Crippen LogP) is 4.77. The molecule has 4 aromatic rings. The van der Waals surface area contributed by atoms with E-state index in [2.05, 4.69) is 36.5 Å². The molecular weight excluding hydrogens is 505 g/mol. The fourth-order valence-electron chi connectivity index (χ4n) is 3.07. The molecule has 0 radical (unpaired) electrons. The zero-order valence-corrected chi connectivity index (χ0v) is 19.8. The lowest BCUT2D eigenvalue weighted by Crippen LogP contribution is -2.15. The summed E-state index contributed by atoms with van der Waals surface area (Å²) in [6, 6.07) is 6.99. The van der Waals surface area contributed by atoms with Crippen molar-refractivity contribution >= 4 is 50.7 Å². The molecule has 11 heteroatoms. The second-order valence-corrected chi connectivity index (χ2v) is 8.55. The molecule has 4 rings (SSSR count). The number of aryl methyl sites for hydroxylation is 1. The smallest absolute Gasteiger partial charge is 0.276 e. The van der Waals surface area contributed by atoms with Gasteiger partial charge in [-0.15, -0.1) is 0 Å². The van der Waals surface area contributed by atoms with E-state index in [1.54, 1.807) is 52.2 Å². The van der Waals surface area contributed by atoms with Gasteiger partial charge < -0.3 is 5.32 Å². The maximum atomic E-state index is 12.6. The van der Waals surface area contributed by atoms with E-state index >= 15 is 0 Å². The van der Waals surface area contributed by atoms with Gasteiger partial charge in [-0.2, -0.15) is 15.3 Å². The summed E-state index contributed by atoms with van der Waals surface area (Å²) < 4.78 is 6.09. The molecule has 0 atom stereocenters. The first-order chi connectivity index (χ1) is 14.8. The zero-order valence-electron chi connectivity index (χ0n) is 16.7. The summed E-state index contributed by atoms with van der Waals surface area (Å²) in [4.78, 5) is 12.6. The van der Waals surface area contributed by atoms with E-state index in [1.165, 1.54) is 0 Å². The molecule has 0 aliphatic heterocycles. The number of nitrogens with one attached hydrogen (secondary N) is 1. The molecule has 1 N–H and O–H groups in total. The molecule has 160 valence electrons. The van der Waals surface area contributed by atoms with E-state index in [0.29, 0.717) is 34.6 Å². The van der Waals surface area contributed by atoms with E-state index < -0.39 is 0 Å². The van der Waals surface area contributed by atoms with Crippen LogP contribution in [0.4, 0.5) is 5.69 Å². The Morgan fingerprint density at radius 1 is 1.13 bits per heavy atom. The van der Waals surface area contributed by atoms with Crippen LogP contribution in [0.2, 0.25) is 10.0 Å². The van der Waals surface area contributed by atoms with E-state index in [0.717, 1.165) is 21.4 Å². The molecule has 31 heavy (non-hydrogen) atoms. The van der Waals surface area contributed by atoms with Crippen LogP contribution in [-0.4, -0.2) is 35.2 Å². The van der Waals surface area contributed by atoms with E-state index in [9.17, 15) is 4.79 Å². The van der Waals surface area contributed by atoms with Crippen LogP contribution in [0.3, 0.4) is 0 Å². The van der Waals surface area contributed by atoms with Gasteiger partial charge in [0.05, 0.1) is 34.3 Å². The van der Waals surface area contributed by atoms with Crippen molar-refractivity contribution in [2.24, 2.45) is 0 Å². The molecule has 0 aliphatic carbocycles. The highest BCUT2D eigenvalue weighted by atomic mass is 79.9. The van der Waals surface area contributed by atoms with Crippen LogP contribution in [0.15, 0.2) is 47.3 Å². The van der Waals surface area contributed by atoms with Gasteiger partial charge >= 0.3 is 0 Å². The largest absolute Gasteiger partial charge is 0.318 e. The van der Waals surface area contributed by atoms with Crippen molar-refractivity contribution in [3.63, 3.8) is 0 Å². The highest BCUT2D eigenvalue weighted by Gasteiger charge is 2.14. The number of carbonyl (C=O) groups excluding carboxylic acids is 1. The second kappa shape index (κ2) is 8.86. The number of hydrogen-bond acceptors (Lipinski definition) is 4. The van der Waals surface area contributed by atoms with Crippen molar-refractivity contribution in [2.75, 3.05) is 5.32 Å². The van der Waals surface area contributed by atoms with E-state index in [-0.39, 0.29) is 5.91 Å². The zero-order chi connectivity index (χ0) is 22.1. The number of aromatic nitrogens is 6. The maximum Gasteiger partial charge on any atom is 0.276 e. The fourth-order valence-corrected chi connectivity index (χ4v) is 3.87. The topological polar surface area (TPSA) is 82.6 Å². The molecule has 3 heterocycles. The Kier molecular flexibility index (Phi) is 6.17. The molecule has 0 fully saturated rings. The van der Waals surface area contributed by atoms with Crippen molar-refractivity contribution in [1.82, 2.24) is 29.3 Å². The number of anilines is 1. The lowest BCUT2D eigenvalue weighted by Gasteiger charge is -2.06. The minimum Gasteiger partial charge on any atom is -0.318 e. The lowest BCUT2D eigenvalue weighted by atomic mass is 10.2. The van der Waals surface area contributed by atoms with Crippen LogP contribution >= 0.6 is 39.1 Å². The summed E-state index contributed by atoms with van der Waals surface area (Å²) in [5.74, 6) is -0.330. The van der Waals surface area contributed by atoms with Gasteiger partial charge in [-0.25, -0.2) is 4.68 Å². The molecule has 0 bridgehead atoms. The lowest BCUT2D eigenvalue weighted by molar-refractivity contribution is 0.102. The Labute approximate surface area is 196 Å². The van der Waals surface area contributed by atoms with Crippen LogP contribution < -0.4 is 5.32 Å². The van der Waals surface area contributed by atoms with Gasteiger partial charge in [-0.3, -0.25) is 14.2 Å². The Morgan fingerprint density at radius 2 is 1.87 bits per heavy atom. The van der Waals surface area contributed by atoms with Crippen molar-refractivity contribution in [3.05, 3.63) is 80.0 Å². The van der Waals surface area contributed by atoms with Gasteiger partial charge in [0.15, 0.2) is 5.69 Å². The maximum absolute atomic E-state index is 12.6. The molecule has 1 amide bonds. The van der Waals surface area contributed by atoms with Gasteiger partial charge in [0.1, 0.15) is 6.67 Å². The van der Waals surface area contributed by atoms with Crippen LogP contribution in [-0.2, 0) is 13.2 Å². The summed E-state index contributed by atoms with van der Waals surface area (Å²) in [6.07, 6.45) is 5.01. The molecule has 0 saturated heterocycles. The molecular formula is C20H18BrCl2N7O. The number of carbonyl (C=O) groups is 1. The molecule has 8 nitrogen and oxygen atoms in total. The van der Waals surface area contributed by atoms with Gasteiger partial charge in [-0.05, 0) is 48.0 Å². The van der Waals surface area contributed by atoms with Crippen LogP contribution in [0.5, 0.6) is 0 Å². The molecule has 0 unspecified atom stereocenters. The second-order valence-electron chi connectivity index (χ2n) is 6.95. The number of benzene rings is 1. The highest BCUT2D eigenvalue weighted by molar-refractivity contribution is 9.10. The number of halogens is 3.